The lowest BCUT2D eigenvalue weighted by atomic mass is 9.90. The zero-order valence-corrected chi connectivity index (χ0v) is 12.2. The quantitative estimate of drug-likeness (QED) is 0.684. The number of hydrogen-bond acceptors (Lipinski definition) is 3. The van der Waals surface area contributed by atoms with Crippen LogP contribution in [0.3, 0.4) is 0 Å². The first-order valence-corrected chi connectivity index (χ1v) is 7.48. The summed E-state index contributed by atoms with van der Waals surface area (Å²) < 4.78 is 0. The molecule has 0 spiro atoms. The maximum atomic E-state index is 12.2. The first-order chi connectivity index (χ1) is 10.1. The molecule has 2 aliphatic carbocycles. The minimum Gasteiger partial charge on any atom is -0.273 e. The van der Waals surface area contributed by atoms with Crippen molar-refractivity contribution in [3.05, 3.63) is 35.4 Å². The Hall–Kier alpha value is -2.15. The van der Waals surface area contributed by atoms with Gasteiger partial charge in [0.05, 0.1) is 17.8 Å². The highest BCUT2D eigenvalue weighted by Gasteiger charge is 2.64. The summed E-state index contributed by atoms with van der Waals surface area (Å²) in [4.78, 5) is 12.2. The molecular formula is C17H19N3O. The molecule has 4 nitrogen and oxygen atoms in total. The molecule has 0 unspecified atom stereocenters. The highest BCUT2D eigenvalue weighted by atomic mass is 16.2. The number of hydrazone groups is 1. The fourth-order valence-corrected chi connectivity index (χ4v) is 3.73. The third-order valence-corrected chi connectivity index (χ3v) is 5.04. The molecule has 3 rings (SSSR count). The summed E-state index contributed by atoms with van der Waals surface area (Å²) in [5, 5.41) is 12.8. The Morgan fingerprint density at radius 1 is 1.43 bits per heavy atom. The van der Waals surface area contributed by atoms with Crippen LogP contribution in [0, 0.1) is 28.6 Å². The van der Waals surface area contributed by atoms with Gasteiger partial charge in [-0.15, -0.1) is 0 Å². The van der Waals surface area contributed by atoms with Crippen molar-refractivity contribution in [1.29, 1.82) is 5.26 Å². The molecule has 21 heavy (non-hydrogen) atoms. The topological polar surface area (TPSA) is 65.2 Å². The summed E-state index contributed by atoms with van der Waals surface area (Å²) in [5.41, 5.74) is 4.37. The normalized spacial score (nSPS) is 30.5. The number of fused-ring (bicyclic) bond motifs is 1. The van der Waals surface area contributed by atoms with Crippen molar-refractivity contribution in [3.8, 4) is 6.07 Å². The number of nitrogens with zero attached hydrogens (tertiary/aromatic N) is 2. The van der Waals surface area contributed by atoms with Crippen LogP contribution in [-0.2, 0) is 4.79 Å². The molecule has 1 N–H and O–H groups in total. The summed E-state index contributed by atoms with van der Waals surface area (Å²) in [6, 6.07) is 9.17. The summed E-state index contributed by atoms with van der Waals surface area (Å²) in [5.74, 6) is 0.740. The van der Waals surface area contributed by atoms with Crippen LogP contribution in [0.1, 0.15) is 43.7 Å². The highest BCUT2D eigenvalue weighted by molar-refractivity contribution is 5.85. The van der Waals surface area contributed by atoms with E-state index in [2.05, 4.69) is 23.5 Å². The molecule has 1 amide bonds. The fourth-order valence-electron chi connectivity index (χ4n) is 3.73. The highest BCUT2D eigenvalue weighted by Crippen LogP contribution is 2.66. The van der Waals surface area contributed by atoms with E-state index in [-0.39, 0.29) is 17.2 Å². The molecule has 0 aliphatic heterocycles. The van der Waals surface area contributed by atoms with Gasteiger partial charge in [0.2, 0.25) is 5.91 Å². The van der Waals surface area contributed by atoms with E-state index >= 15 is 0 Å². The average molecular weight is 281 g/mol. The van der Waals surface area contributed by atoms with Crippen LogP contribution in [0.2, 0.25) is 0 Å². The second-order valence-electron chi connectivity index (χ2n) is 6.30. The van der Waals surface area contributed by atoms with Crippen molar-refractivity contribution in [3.63, 3.8) is 0 Å². The molecule has 0 aromatic heterocycles. The lowest BCUT2D eigenvalue weighted by Gasteiger charge is -2.15. The van der Waals surface area contributed by atoms with Crippen LogP contribution >= 0.6 is 0 Å². The van der Waals surface area contributed by atoms with E-state index in [1.54, 1.807) is 18.3 Å². The SMILES string of the molecule is C[C@]12CCCC[C@@H]1[C@H]2C(=O)NN=Cc1ccc(C#N)cc1. The Morgan fingerprint density at radius 2 is 2.19 bits per heavy atom. The van der Waals surface area contributed by atoms with Crippen molar-refractivity contribution in [2.45, 2.75) is 32.6 Å². The molecule has 1 aromatic rings. The number of amides is 1. The van der Waals surface area contributed by atoms with Crippen molar-refractivity contribution in [1.82, 2.24) is 5.43 Å². The van der Waals surface area contributed by atoms with Crippen LogP contribution in [-0.4, -0.2) is 12.1 Å². The minimum absolute atomic E-state index is 0.0503. The van der Waals surface area contributed by atoms with E-state index in [4.69, 9.17) is 5.26 Å². The van der Waals surface area contributed by atoms with Gasteiger partial charge in [-0.1, -0.05) is 31.9 Å². The van der Waals surface area contributed by atoms with Crippen LogP contribution < -0.4 is 5.43 Å². The third-order valence-electron chi connectivity index (χ3n) is 5.04. The Bertz CT molecular complexity index is 614. The Balaban J connectivity index is 1.56. The largest absolute Gasteiger partial charge is 0.273 e. The smallest absolute Gasteiger partial charge is 0.244 e. The summed E-state index contributed by atoms with van der Waals surface area (Å²) >= 11 is 0. The molecular weight excluding hydrogens is 262 g/mol. The second-order valence-corrected chi connectivity index (χ2v) is 6.30. The molecule has 0 saturated heterocycles. The van der Waals surface area contributed by atoms with Gasteiger partial charge in [-0.2, -0.15) is 10.4 Å². The van der Waals surface area contributed by atoms with Crippen LogP contribution in [0.15, 0.2) is 29.4 Å². The predicted molar refractivity (Wildman–Crippen MR) is 80.4 cm³/mol. The van der Waals surface area contributed by atoms with E-state index in [0.29, 0.717) is 11.5 Å². The number of carbonyl (C=O) groups excluding carboxylic acids is 1. The van der Waals surface area contributed by atoms with Gasteiger partial charge in [-0.05, 0) is 41.9 Å². The van der Waals surface area contributed by atoms with E-state index in [1.165, 1.54) is 19.3 Å². The first-order valence-electron chi connectivity index (χ1n) is 7.48. The van der Waals surface area contributed by atoms with E-state index in [1.807, 2.05) is 12.1 Å². The Morgan fingerprint density at radius 3 is 2.81 bits per heavy atom. The number of benzene rings is 1. The van der Waals surface area contributed by atoms with Gasteiger partial charge in [0, 0.05) is 5.92 Å². The summed E-state index contributed by atoms with van der Waals surface area (Å²) in [6.07, 6.45) is 6.44. The standard InChI is InChI=1S/C17H19N3O/c1-17-9-3-2-4-14(17)15(17)16(21)20-19-11-13-7-5-12(10-18)6-8-13/h5-8,11,14-15H,2-4,9H2,1H3,(H,20,21)/t14-,15+,17+/m1/s1. The lowest BCUT2D eigenvalue weighted by molar-refractivity contribution is -0.123. The molecule has 4 heteroatoms. The average Bonchev–Trinajstić information content (AvgIpc) is 3.13. The van der Waals surface area contributed by atoms with Crippen molar-refractivity contribution in [2.24, 2.45) is 22.4 Å². The van der Waals surface area contributed by atoms with Crippen molar-refractivity contribution < 1.29 is 4.79 Å². The van der Waals surface area contributed by atoms with Crippen molar-refractivity contribution >= 4 is 12.1 Å². The lowest BCUT2D eigenvalue weighted by Crippen LogP contribution is -2.22. The molecule has 2 aliphatic rings. The molecule has 0 bridgehead atoms. The molecule has 1 aromatic carbocycles. The van der Waals surface area contributed by atoms with Gasteiger partial charge in [0.1, 0.15) is 0 Å². The molecule has 3 atom stereocenters. The fraction of sp³-hybridized carbons (Fsp3) is 0.471. The molecule has 0 radical (unpaired) electrons. The third kappa shape index (κ3) is 2.56. The maximum Gasteiger partial charge on any atom is 0.244 e. The minimum atomic E-state index is 0.0503. The number of nitrogens with one attached hydrogen (secondary N) is 1. The summed E-state index contributed by atoms with van der Waals surface area (Å²) in [7, 11) is 0. The van der Waals surface area contributed by atoms with Crippen LogP contribution in [0.5, 0.6) is 0 Å². The molecule has 2 saturated carbocycles. The zero-order valence-electron chi connectivity index (χ0n) is 12.2. The van der Waals surface area contributed by atoms with Gasteiger partial charge >= 0.3 is 0 Å². The Labute approximate surface area is 124 Å². The first kappa shape index (κ1) is 13.8. The Kier molecular flexibility index (Phi) is 3.50. The van der Waals surface area contributed by atoms with E-state index < -0.39 is 0 Å². The predicted octanol–water partition coefficient (Wildman–Crippen LogP) is 2.83. The zero-order chi connectivity index (χ0) is 14.9. The van der Waals surface area contributed by atoms with Crippen LogP contribution in [0.25, 0.3) is 0 Å². The molecule has 108 valence electrons. The van der Waals surface area contributed by atoms with Gasteiger partial charge in [-0.3, -0.25) is 4.79 Å². The molecule has 2 fully saturated rings. The van der Waals surface area contributed by atoms with E-state index in [0.717, 1.165) is 12.0 Å². The van der Waals surface area contributed by atoms with Gasteiger partial charge < -0.3 is 0 Å². The molecule has 0 heterocycles. The summed E-state index contributed by atoms with van der Waals surface area (Å²) in [6.45, 7) is 2.23. The second kappa shape index (κ2) is 5.33. The van der Waals surface area contributed by atoms with Gasteiger partial charge in [0.15, 0.2) is 0 Å². The number of carbonyl (C=O) groups is 1. The number of nitriles is 1. The van der Waals surface area contributed by atoms with E-state index in [9.17, 15) is 4.79 Å². The maximum absolute atomic E-state index is 12.2. The van der Waals surface area contributed by atoms with Gasteiger partial charge in [0.25, 0.3) is 0 Å². The number of rotatable bonds is 3. The number of hydrogen-bond donors (Lipinski definition) is 1. The monoisotopic (exact) mass is 281 g/mol. The van der Waals surface area contributed by atoms with Crippen molar-refractivity contribution in [2.75, 3.05) is 0 Å². The van der Waals surface area contributed by atoms with Gasteiger partial charge in [-0.25, -0.2) is 5.43 Å². The van der Waals surface area contributed by atoms with Crippen LogP contribution in [0.4, 0.5) is 0 Å².